The highest BCUT2D eigenvalue weighted by Crippen LogP contribution is 2.27. The summed E-state index contributed by atoms with van der Waals surface area (Å²) in [5, 5.41) is 7.81. The molecule has 1 saturated carbocycles. The molecule has 0 aliphatic heterocycles. The summed E-state index contributed by atoms with van der Waals surface area (Å²) >= 11 is 1.70. The van der Waals surface area contributed by atoms with E-state index in [2.05, 4.69) is 45.7 Å². The lowest BCUT2D eigenvalue weighted by Gasteiger charge is -2.18. The molecule has 1 aliphatic rings. The van der Waals surface area contributed by atoms with Crippen molar-refractivity contribution in [2.24, 2.45) is 4.99 Å². The van der Waals surface area contributed by atoms with E-state index < -0.39 is 0 Å². The van der Waals surface area contributed by atoms with Gasteiger partial charge in [0.15, 0.2) is 5.96 Å². The fourth-order valence-corrected chi connectivity index (χ4v) is 3.90. The smallest absolute Gasteiger partial charge is 0.191 e. The maximum Gasteiger partial charge on any atom is 0.191 e. The second kappa shape index (κ2) is 10.8. The summed E-state index contributed by atoms with van der Waals surface area (Å²) in [4.78, 5) is 9.80. The Labute approximate surface area is 183 Å². The van der Waals surface area contributed by atoms with Crippen LogP contribution in [0.2, 0.25) is 0 Å². The minimum Gasteiger partial charge on any atom is -0.490 e. The van der Waals surface area contributed by atoms with Gasteiger partial charge in [-0.25, -0.2) is 4.98 Å². The third-order valence-electron chi connectivity index (χ3n) is 4.59. The number of nitrogens with one attached hydrogen (secondary N) is 2. The number of hydrogen-bond acceptors (Lipinski definition) is 4. The molecule has 2 aromatic rings. The molecule has 148 valence electrons. The maximum atomic E-state index is 6.28. The molecular weight excluding hydrogens is 471 g/mol. The van der Waals surface area contributed by atoms with Crippen molar-refractivity contribution < 1.29 is 4.74 Å². The van der Waals surface area contributed by atoms with Crippen LogP contribution < -0.4 is 15.4 Å². The standard InChI is InChI=1S/C20H28N4OS.HI/c1-14-8-9-16(19(10-14)25-17-6-4-5-7-17)11-23-20(21-3)24-13-18-12-22-15(2)26-18;/h8-10,12,17H,4-7,11,13H2,1-3H3,(H2,21,23,24);1H. The van der Waals surface area contributed by atoms with Crippen LogP contribution in [0.15, 0.2) is 29.4 Å². The minimum atomic E-state index is 0. The molecule has 27 heavy (non-hydrogen) atoms. The largest absolute Gasteiger partial charge is 0.490 e. The van der Waals surface area contributed by atoms with Crippen molar-refractivity contribution >= 4 is 41.3 Å². The van der Waals surface area contributed by atoms with Crippen LogP contribution in [0.3, 0.4) is 0 Å². The minimum absolute atomic E-state index is 0. The lowest BCUT2D eigenvalue weighted by Crippen LogP contribution is -2.36. The number of rotatable bonds is 6. The van der Waals surface area contributed by atoms with E-state index in [4.69, 9.17) is 4.74 Å². The summed E-state index contributed by atoms with van der Waals surface area (Å²) < 4.78 is 6.28. The van der Waals surface area contributed by atoms with Crippen molar-refractivity contribution in [3.05, 3.63) is 45.4 Å². The summed E-state index contributed by atoms with van der Waals surface area (Å²) in [6.07, 6.45) is 7.15. The quantitative estimate of drug-likeness (QED) is 0.347. The number of aromatic nitrogens is 1. The number of benzene rings is 1. The number of nitrogens with zero attached hydrogens (tertiary/aromatic N) is 2. The van der Waals surface area contributed by atoms with Crippen molar-refractivity contribution in [2.45, 2.75) is 58.7 Å². The van der Waals surface area contributed by atoms with Gasteiger partial charge in [0.2, 0.25) is 0 Å². The summed E-state index contributed by atoms with van der Waals surface area (Å²) in [5.74, 6) is 1.78. The molecule has 3 rings (SSSR count). The molecule has 2 N–H and O–H groups in total. The van der Waals surface area contributed by atoms with Crippen LogP contribution in [-0.2, 0) is 13.1 Å². The van der Waals surface area contributed by atoms with Crippen LogP contribution in [0, 0.1) is 13.8 Å². The summed E-state index contributed by atoms with van der Waals surface area (Å²) in [6.45, 7) is 5.54. The molecule has 0 amide bonds. The predicted octanol–water partition coefficient (Wildman–Crippen LogP) is 4.56. The van der Waals surface area contributed by atoms with Gasteiger partial charge >= 0.3 is 0 Å². The van der Waals surface area contributed by atoms with Gasteiger partial charge in [0, 0.05) is 30.2 Å². The average molecular weight is 500 g/mol. The van der Waals surface area contributed by atoms with Crippen LogP contribution >= 0.6 is 35.3 Å². The van der Waals surface area contributed by atoms with Gasteiger partial charge in [0.05, 0.1) is 17.7 Å². The number of halogens is 1. The van der Waals surface area contributed by atoms with Crippen molar-refractivity contribution in [3.8, 4) is 5.75 Å². The molecule has 1 aromatic heterocycles. The van der Waals surface area contributed by atoms with E-state index in [0.717, 1.165) is 36.1 Å². The average Bonchev–Trinajstić information content (AvgIpc) is 3.28. The lowest BCUT2D eigenvalue weighted by atomic mass is 10.1. The zero-order valence-corrected chi connectivity index (χ0v) is 19.4. The highest BCUT2D eigenvalue weighted by Gasteiger charge is 2.18. The molecule has 1 fully saturated rings. The zero-order valence-electron chi connectivity index (χ0n) is 16.2. The Bertz CT molecular complexity index is 756. The second-order valence-corrected chi connectivity index (χ2v) is 8.08. The Morgan fingerprint density at radius 2 is 1.96 bits per heavy atom. The molecule has 1 aromatic carbocycles. The van der Waals surface area contributed by atoms with Gasteiger partial charge in [-0.2, -0.15) is 0 Å². The Morgan fingerprint density at radius 3 is 2.63 bits per heavy atom. The van der Waals surface area contributed by atoms with Gasteiger partial charge < -0.3 is 15.4 Å². The monoisotopic (exact) mass is 500 g/mol. The van der Waals surface area contributed by atoms with Gasteiger partial charge in [-0.1, -0.05) is 12.1 Å². The molecule has 0 unspecified atom stereocenters. The van der Waals surface area contributed by atoms with Crippen molar-refractivity contribution in [1.29, 1.82) is 0 Å². The van der Waals surface area contributed by atoms with E-state index in [1.165, 1.54) is 28.8 Å². The van der Waals surface area contributed by atoms with E-state index >= 15 is 0 Å². The lowest BCUT2D eigenvalue weighted by molar-refractivity contribution is 0.207. The Balaban J connectivity index is 0.00000261. The number of guanidine groups is 1. The molecule has 7 heteroatoms. The molecular formula is C20H29IN4OS. The van der Waals surface area contributed by atoms with Gasteiger partial charge in [-0.3, -0.25) is 4.99 Å². The van der Waals surface area contributed by atoms with Crippen LogP contribution in [0.1, 0.15) is 46.7 Å². The molecule has 5 nitrogen and oxygen atoms in total. The van der Waals surface area contributed by atoms with Gasteiger partial charge in [-0.15, -0.1) is 35.3 Å². The van der Waals surface area contributed by atoms with E-state index in [-0.39, 0.29) is 24.0 Å². The molecule has 0 atom stereocenters. The van der Waals surface area contributed by atoms with E-state index in [9.17, 15) is 0 Å². The van der Waals surface area contributed by atoms with Crippen molar-refractivity contribution in [1.82, 2.24) is 15.6 Å². The molecule has 0 spiro atoms. The molecule has 0 saturated heterocycles. The summed E-state index contributed by atoms with van der Waals surface area (Å²) in [6, 6.07) is 6.42. The molecule has 1 aliphatic carbocycles. The van der Waals surface area contributed by atoms with E-state index in [1.54, 1.807) is 18.4 Å². The van der Waals surface area contributed by atoms with Gasteiger partial charge in [0.1, 0.15) is 5.75 Å². The van der Waals surface area contributed by atoms with Crippen LogP contribution in [0.25, 0.3) is 0 Å². The maximum absolute atomic E-state index is 6.28. The van der Waals surface area contributed by atoms with Crippen molar-refractivity contribution in [2.75, 3.05) is 7.05 Å². The highest BCUT2D eigenvalue weighted by molar-refractivity contribution is 14.0. The predicted molar refractivity (Wildman–Crippen MR) is 123 cm³/mol. The number of aryl methyl sites for hydroxylation is 2. The van der Waals surface area contributed by atoms with Crippen molar-refractivity contribution in [3.63, 3.8) is 0 Å². The van der Waals surface area contributed by atoms with Crippen LogP contribution in [0.5, 0.6) is 5.75 Å². The second-order valence-electron chi connectivity index (χ2n) is 6.76. The molecule has 0 radical (unpaired) electrons. The Kier molecular flexibility index (Phi) is 8.82. The van der Waals surface area contributed by atoms with Crippen LogP contribution in [-0.4, -0.2) is 24.1 Å². The summed E-state index contributed by atoms with van der Waals surface area (Å²) in [5.41, 5.74) is 2.39. The SMILES string of the molecule is CN=C(NCc1cnc(C)s1)NCc1ccc(C)cc1OC1CCCC1.I. The van der Waals surface area contributed by atoms with Crippen LogP contribution in [0.4, 0.5) is 0 Å². The molecule has 0 bridgehead atoms. The third kappa shape index (κ3) is 6.64. The highest BCUT2D eigenvalue weighted by atomic mass is 127. The first-order valence-corrected chi connectivity index (χ1v) is 10.1. The Hall–Kier alpha value is -1.35. The number of ether oxygens (including phenoxy) is 1. The first-order valence-electron chi connectivity index (χ1n) is 9.26. The van der Waals surface area contributed by atoms with E-state index in [0.29, 0.717) is 12.6 Å². The Morgan fingerprint density at radius 1 is 1.22 bits per heavy atom. The number of thiazole rings is 1. The van der Waals surface area contributed by atoms with Gasteiger partial charge in [0.25, 0.3) is 0 Å². The number of hydrogen-bond donors (Lipinski definition) is 2. The fourth-order valence-electron chi connectivity index (χ4n) is 3.16. The fraction of sp³-hybridized carbons (Fsp3) is 0.500. The third-order valence-corrected chi connectivity index (χ3v) is 5.50. The molecule has 1 heterocycles. The van der Waals surface area contributed by atoms with E-state index in [1.807, 2.05) is 13.1 Å². The first kappa shape index (κ1) is 21.9. The number of aliphatic imine (C=N–C) groups is 1. The van der Waals surface area contributed by atoms with Gasteiger partial charge in [-0.05, 0) is 51.2 Å². The topological polar surface area (TPSA) is 58.5 Å². The zero-order chi connectivity index (χ0) is 18.4. The first-order chi connectivity index (χ1) is 12.6. The summed E-state index contributed by atoms with van der Waals surface area (Å²) in [7, 11) is 1.79. The normalized spacial score (nSPS) is 14.7.